The van der Waals surface area contributed by atoms with E-state index in [-0.39, 0.29) is 11.8 Å². The van der Waals surface area contributed by atoms with Gasteiger partial charge in [-0.3, -0.25) is 4.79 Å². The van der Waals surface area contributed by atoms with Gasteiger partial charge in [0, 0.05) is 19.2 Å². The van der Waals surface area contributed by atoms with Crippen LogP contribution >= 0.6 is 0 Å². The number of hydrogen-bond acceptors (Lipinski definition) is 7. The van der Waals surface area contributed by atoms with E-state index in [1.165, 1.54) is 0 Å². The van der Waals surface area contributed by atoms with Crippen LogP contribution in [0, 0.1) is 12.8 Å². The molecule has 9 nitrogen and oxygen atoms in total. The Morgan fingerprint density at radius 2 is 2.03 bits per heavy atom. The second-order valence-electron chi connectivity index (χ2n) is 7.05. The molecule has 1 fully saturated rings. The molecule has 0 unspecified atom stereocenters. The van der Waals surface area contributed by atoms with Crippen molar-refractivity contribution in [3.8, 4) is 11.5 Å². The summed E-state index contributed by atoms with van der Waals surface area (Å²) < 4.78 is 12.3. The van der Waals surface area contributed by atoms with Crippen LogP contribution in [0.25, 0.3) is 5.65 Å². The van der Waals surface area contributed by atoms with E-state index in [1.54, 1.807) is 36.9 Å². The standard InChI is InChI=1S/C20H24N6O3/c1-13-22-23-18-8-9-19(24-26(13)18)25-10-4-5-14(12-25)20(27)21-16-11-15(28-2)6-7-17(16)29-3/h6-9,11,14H,4-5,10,12H2,1-3H3,(H,21,27)/t14-/m1/s1. The van der Waals surface area contributed by atoms with Gasteiger partial charge >= 0.3 is 0 Å². The Bertz CT molecular complexity index is 1030. The zero-order valence-electron chi connectivity index (χ0n) is 16.8. The third-order valence-corrected chi connectivity index (χ3v) is 5.19. The number of nitrogens with one attached hydrogen (secondary N) is 1. The highest BCUT2D eigenvalue weighted by Gasteiger charge is 2.27. The lowest BCUT2D eigenvalue weighted by Crippen LogP contribution is -2.41. The SMILES string of the molecule is COc1ccc(OC)c(NC(=O)[C@@H]2CCCN(c3ccc4nnc(C)n4n3)C2)c1. The summed E-state index contributed by atoms with van der Waals surface area (Å²) in [7, 11) is 3.17. The topological polar surface area (TPSA) is 93.9 Å². The van der Waals surface area contributed by atoms with E-state index in [0.717, 1.165) is 31.0 Å². The average molecular weight is 396 g/mol. The van der Waals surface area contributed by atoms with Crippen molar-refractivity contribution in [2.45, 2.75) is 19.8 Å². The molecular formula is C20H24N6O3. The minimum Gasteiger partial charge on any atom is -0.497 e. The Hall–Kier alpha value is -3.36. The first-order chi connectivity index (χ1) is 14.1. The van der Waals surface area contributed by atoms with Gasteiger partial charge < -0.3 is 19.7 Å². The number of fused-ring (bicyclic) bond motifs is 1. The third kappa shape index (κ3) is 3.80. The molecule has 1 aliphatic heterocycles. The van der Waals surface area contributed by atoms with Crippen molar-refractivity contribution in [2.24, 2.45) is 5.92 Å². The summed E-state index contributed by atoms with van der Waals surface area (Å²) in [6.45, 7) is 3.31. The van der Waals surface area contributed by atoms with Crippen LogP contribution in [0.2, 0.25) is 0 Å². The molecule has 4 rings (SSSR count). The van der Waals surface area contributed by atoms with E-state index in [0.29, 0.717) is 29.4 Å². The quantitative estimate of drug-likeness (QED) is 0.707. The van der Waals surface area contributed by atoms with Crippen molar-refractivity contribution in [3.63, 3.8) is 0 Å². The molecule has 1 aromatic carbocycles. The van der Waals surface area contributed by atoms with Crippen LogP contribution < -0.4 is 19.7 Å². The molecule has 29 heavy (non-hydrogen) atoms. The van der Waals surface area contributed by atoms with Crippen molar-refractivity contribution in [2.75, 3.05) is 37.5 Å². The molecule has 152 valence electrons. The Morgan fingerprint density at radius 3 is 2.83 bits per heavy atom. The number of carbonyl (C=O) groups is 1. The van der Waals surface area contributed by atoms with Gasteiger partial charge in [0.15, 0.2) is 11.5 Å². The highest BCUT2D eigenvalue weighted by atomic mass is 16.5. The van der Waals surface area contributed by atoms with Crippen LogP contribution in [0.4, 0.5) is 11.5 Å². The van der Waals surface area contributed by atoms with Gasteiger partial charge in [-0.2, -0.15) is 4.52 Å². The van der Waals surface area contributed by atoms with Crippen molar-refractivity contribution >= 4 is 23.1 Å². The van der Waals surface area contributed by atoms with E-state index < -0.39 is 0 Å². The number of ether oxygens (including phenoxy) is 2. The number of aryl methyl sites for hydroxylation is 1. The molecule has 1 atom stereocenters. The molecule has 0 radical (unpaired) electrons. The average Bonchev–Trinajstić information content (AvgIpc) is 3.14. The second kappa shape index (κ2) is 7.94. The molecule has 1 aliphatic rings. The molecule has 3 aromatic rings. The number of methoxy groups -OCH3 is 2. The smallest absolute Gasteiger partial charge is 0.229 e. The summed E-state index contributed by atoms with van der Waals surface area (Å²) in [6, 6.07) is 9.16. The molecule has 2 aromatic heterocycles. The van der Waals surface area contributed by atoms with Crippen molar-refractivity contribution in [1.82, 2.24) is 19.8 Å². The van der Waals surface area contributed by atoms with E-state index in [2.05, 4.69) is 25.5 Å². The highest BCUT2D eigenvalue weighted by Crippen LogP contribution is 2.30. The number of benzene rings is 1. The largest absolute Gasteiger partial charge is 0.497 e. The van der Waals surface area contributed by atoms with Gasteiger partial charge in [-0.15, -0.1) is 15.3 Å². The van der Waals surface area contributed by atoms with E-state index in [1.807, 2.05) is 19.1 Å². The summed E-state index contributed by atoms with van der Waals surface area (Å²) in [5.41, 5.74) is 1.32. The number of hydrogen-bond donors (Lipinski definition) is 1. The van der Waals surface area contributed by atoms with Gasteiger partial charge in [0.1, 0.15) is 17.3 Å². The van der Waals surface area contributed by atoms with Gasteiger partial charge in [-0.05, 0) is 44.0 Å². The van der Waals surface area contributed by atoms with Gasteiger partial charge in [-0.1, -0.05) is 0 Å². The van der Waals surface area contributed by atoms with Crippen molar-refractivity contribution in [1.29, 1.82) is 0 Å². The molecule has 0 aliphatic carbocycles. The molecule has 1 amide bonds. The monoisotopic (exact) mass is 396 g/mol. The molecule has 0 bridgehead atoms. The maximum atomic E-state index is 13.0. The predicted molar refractivity (Wildman–Crippen MR) is 109 cm³/mol. The molecule has 9 heteroatoms. The second-order valence-corrected chi connectivity index (χ2v) is 7.05. The van der Waals surface area contributed by atoms with Crippen LogP contribution in [0.5, 0.6) is 11.5 Å². The number of carbonyl (C=O) groups excluding carboxylic acids is 1. The number of aromatic nitrogens is 4. The molecule has 0 saturated carbocycles. The van der Waals surface area contributed by atoms with E-state index in [9.17, 15) is 4.79 Å². The van der Waals surface area contributed by atoms with Gasteiger partial charge in [0.2, 0.25) is 5.91 Å². The lowest BCUT2D eigenvalue weighted by molar-refractivity contribution is -0.120. The van der Waals surface area contributed by atoms with Crippen LogP contribution in [-0.4, -0.2) is 53.0 Å². The minimum absolute atomic E-state index is 0.0391. The predicted octanol–water partition coefficient (Wildman–Crippen LogP) is 2.31. The summed E-state index contributed by atoms with van der Waals surface area (Å²) in [4.78, 5) is 15.1. The fourth-order valence-electron chi connectivity index (χ4n) is 3.60. The zero-order chi connectivity index (χ0) is 20.4. The maximum Gasteiger partial charge on any atom is 0.229 e. The third-order valence-electron chi connectivity index (χ3n) is 5.19. The van der Waals surface area contributed by atoms with Gasteiger partial charge in [0.25, 0.3) is 0 Å². The first kappa shape index (κ1) is 19.0. The number of amides is 1. The van der Waals surface area contributed by atoms with E-state index in [4.69, 9.17) is 9.47 Å². The fraction of sp³-hybridized carbons (Fsp3) is 0.400. The molecule has 1 N–H and O–H groups in total. The number of piperidine rings is 1. The summed E-state index contributed by atoms with van der Waals surface area (Å²) in [5, 5.41) is 15.8. The fourth-order valence-corrected chi connectivity index (χ4v) is 3.60. The number of anilines is 2. The number of rotatable bonds is 5. The van der Waals surface area contributed by atoms with Gasteiger partial charge in [-0.25, -0.2) is 0 Å². The van der Waals surface area contributed by atoms with Crippen LogP contribution in [-0.2, 0) is 4.79 Å². The van der Waals surface area contributed by atoms with Crippen LogP contribution in [0.1, 0.15) is 18.7 Å². The lowest BCUT2D eigenvalue weighted by Gasteiger charge is -2.32. The minimum atomic E-state index is -0.154. The summed E-state index contributed by atoms with van der Waals surface area (Å²) in [6.07, 6.45) is 1.73. The Labute approximate surface area is 168 Å². The Balaban J connectivity index is 1.50. The van der Waals surface area contributed by atoms with Crippen molar-refractivity contribution in [3.05, 3.63) is 36.2 Å². The molecule has 3 heterocycles. The van der Waals surface area contributed by atoms with E-state index >= 15 is 0 Å². The zero-order valence-corrected chi connectivity index (χ0v) is 16.8. The van der Waals surface area contributed by atoms with Crippen molar-refractivity contribution < 1.29 is 14.3 Å². The Kier molecular flexibility index (Phi) is 5.20. The number of nitrogens with zero attached hydrogens (tertiary/aromatic N) is 5. The lowest BCUT2D eigenvalue weighted by atomic mass is 9.97. The highest BCUT2D eigenvalue weighted by molar-refractivity contribution is 5.94. The first-order valence-electron chi connectivity index (χ1n) is 9.56. The van der Waals surface area contributed by atoms with Crippen LogP contribution in [0.15, 0.2) is 30.3 Å². The normalized spacial score (nSPS) is 16.7. The van der Waals surface area contributed by atoms with Crippen LogP contribution in [0.3, 0.4) is 0 Å². The molecule has 0 spiro atoms. The summed E-state index contributed by atoms with van der Waals surface area (Å²) in [5.74, 6) is 2.62. The Morgan fingerprint density at radius 1 is 1.17 bits per heavy atom. The molecule has 1 saturated heterocycles. The summed E-state index contributed by atoms with van der Waals surface area (Å²) >= 11 is 0. The van der Waals surface area contributed by atoms with Gasteiger partial charge in [0.05, 0.1) is 25.8 Å². The first-order valence-corrected chi connectivity index (χ1v) is 9.56. The maximum absolute atomic E-state index is 13.0. The molecular weight excluding hydrogens is 372 g/mol.